The van der Waals surface area contributed by atoms with Gasteiger partial charge >= 0.3 is 5.97 Å². The number of ether oxygens (including phenoxy) is 1. The number of thiophene rings is 2. The fourth-order valence-electron chi connectivity index (χ4n) is 1.13. The summed E-state index contributed by atoms with van der Waals surface area (Å²) in [7, 11) is 1.38. The summed E-state index contributed by atoms with van der Waals surface area (Å²) in [5, 5.41) is 0. The van der Waals surface area contributed by atoms with Crippen molar-refractivity contribution in [2.24, 2.45) is 0 Å². The summed E-state index contributed by atoms with van der Waals surface area (Å²) in [6.07, 6.45) is 0. The van der Waals surface area contributed by atoms with Crippen LogP contribution in [-0.4, -0.2) is 13.1 Å². The van der Waals surface area contributed by atoms with E-state index in [0.29, 0.717) is 4.88 Å². The minimum absolute atomic E-state index is 0.297. The maximum atomic E-state index is 11.2. The highest BCUT2D eigenvalue weighted by Crippen LogP contribution is 2.35. The highest BCUT2D eigenvalue weighted by molar-refractivity contribution is 7.24. The van der Waals surface area contributed by atoms with Crippen molar-refractivity contribution in [3.05, 3.63) is 33.5 Å². The van der Waals surface area contributed by atoms with Crippen LogP contribution in [0.5, 0.6) is 0 Å². The van der Waals surface area contributed by atoms with Gasteiger partial charge in [-0.3, -0.25) is 0 Å². The van der Waals surface area contributed by atoms with Gasteiger partial charge in [0.05, 0.1) is 11.4 Å². The van der Waals surface area contributed by atoms with Crippen LogP contribution in [0.25, 0.3) is 9.75 Å². The summed E-state index contributed by atoms with van der Waals surface area (Å²) < 4.78 is 5.39. The first-order valence-corrected chi connectivity index (χ1v) is 6.15. The molecule has 0 saturated heterocycles. The second kappa shape index (κ2) is 4.35. The van der Waals surface area contributed by atoms with E-state index in [-0.39, 0.29) is 5.97 Å². The summed E-state index contributed by atoms with van der Waals surface area (Å²) in [5.74, 6) is -0.297. The predicted octanol–water partition coefficient (Wildman–Crippen LogP) is 3.92. The number of carbonyl (C=O) groups is 1. The Morgan fingerprint density at radius 3 is 2.47 bits per heavy atom. The van der Waals surface area contributed by atoms with E-state index >= 15 is 0 Å². The quantitative estimate of drug-likeness (QED) is 0.764. The maximum Gasteiger partial charge on any atom is 0.348 e. The molecule has 2 aromatic heterocycles. The van der Waals surface area contributed by atoms with Crippen LogP contribution in [0.4, 0.5) is 0 Å². The van der Waals surface area contributed by atoms with Gasteiger partial charge in [0.1, 0.15) is 4.88 Å². The molecule has 5 heteroatoms. The molecule has 0 unspecified atom stereocenters. The number of rotatable bonds is 2. The van der Waals surface area contributed by atoms with E-state index < -0.39 is 0 Å². The average molecular weight is 259 g/mol. The van der Waals surface area contributed by atoms with Crippen molar-refractivity contribution in [3.8, 4) is 9.75 Å². The number of carbonyl (C=O) groups excluding carboxylic acids is 1. The zero-order chi connectivity index (χ0) is 10.8. The van der Waals surface area contributed by atoms with E-state index in [0.717, 1.165) is 14.1 Å². The largest absolute Gasteiger partial charge is 0.465 e. The molecule has 2 nitrogen and oxygen atoms in total. The minimum atomic E-state index is -0.297. The normalized spacial score (nSPS) is 10.3. The van der Waals surface area contributed by atoms with Crippen molar-refractivity contribution in [2.45, 2.75) is 0 Å². The molecule has 0 fully saturated rings. The Morgan fingerprint density at radius 1 is 1.20 bits per heavy atom. The van der Waals surface area contributed by atoms with Gasteiger partial charge in [-0.2, -0.15) is 0 Å². The second-order valence-electron chi connectivity index (χ2n) is 2.76. The van der Waals surface area contributed by atoms with E-state index in [2.05, 4.69) is 4.74 Å². The number of esters is 1. The molecule has 2 rings (SSSR count). The van der Waals surface area contributed by atoms with Crippen molar-refractivity contribution in [2.75, 3.05) is 7.11 Å². The molecular formula is C10H7ClO2S2. The smallest absolute Gasteiger partial charge is 0.348 e. The van der Waals surface area contributed by atoms with E-state index in [1.807, 2.05) is 18.2 Å². The van der Waals surface area contributed by atoms with Crippen LogP contribution >= 0.6 is 34.3 Å². The first kappa shape index (κ1) is 10.7. The zero-order valence-corrected chi connectivity index (χ0v) is 10.2. The van der Waals surface area contributed by atoms with Gasteiger partial charge in [0.15, 0.2) is 0 Å². The van der Waals surface area contributed by atoms with Gasteiger partial charge in [-0.1, -0.05) is 11.6 Å². The summed E-state index contributed by atoms with van der Waals surface area (Å²) in [6, 6.07) is 7.46. The molecule has 0 aliphatic carbocycles. The average Bonchev–Trinajstić information content (AvgIpc) is 2.84. The predicted molar refractivity (Wildman–Crippen MR) is 64.0 cm³/mol. The molecule has 0 saturated carbocycles. The van der Waals surface area contributed by atoms with Crippen molar-refractivity contribution in [1.82, 2.24) is 0 Å². The molecule has 15 heavy (non-hydrogen) atoms. The van der Waals surface area contributed by atoms with Crippen LogP contribution in [-0.2, 0) is 4.74 Å². The second-order valence-corrected chi connectivity index (χ2v) is 5.56. The van der Waals surface area contributed by atoms with Gasteiger partial charge in [-0.15, -0.1) is 22.7 Å². The monoisotopic (exact) mass is 258 g/mol. The molecule has 0 aromatic carbocycles. The molecule has 2 aromatic rings. The molecule has 0 N–H and O–H groups in total. The van der Waals surface area contributed by atoms with Crippen LogP contribution in [0.2, 0.25) is 4.34 Å². The summed E-state index contributed by atoms with van der Waals surface area (Å²) in [6.45, 7) is 0. The maximum absolute atomic E-state index is 11.2. The Kier molecular flexibility index (Phi) is 3.09. The standard InChI is InChI=1S/C10H7ClO2S2/c1-13-10(12)8-3-2-6(14-8)7-4-5-9(11)15-7/h2-5H,1H3. The van der Waals surface area contributed by atoms with Gasteiger partial charge < -0.3 is 4.74 Å². The van der Waals surface area contributed by atoms with Crippen LogP contribution in [0.1, 0.15) is 9.67 Å². The van der Waals surface area contributed by atoms with Gasteiger partial charge in [-0.25, -0.2) is 4.79 Å². The third-order valence-electron chi connectivity index (χ3n) is 1.81. The molecule has 78 valence electrons. The van der Waals surface area contributed by atoms with Crippen LogP contribution in [0.15, 0.2) is 24.3 Å². The third kappa shape index (κ3) is 2.22. The van der Waals surface area contributed by atoms with Crippen molar-refractivity contribution in [3.63, 3.8) is 0 Å². The molecule has 0 atom stereocenters. The fraction of sp³-hybridized carbons (Fsp3) is 0.100. The molecule has 2 heterocycles. The summed E-state index contributed by atoms with van der Waals surface area (Å²) in [4.78, 5) is 13.9. The van der Waals surface area contributed by atoms with E-state index in [4.69, 9.17) is 11.6 Å². The lowest BCUT2D eigenvalue weighted by molar-refractivity contribution is 0.0606. The Morgan fingerprint density at radius 2 is 1.87 bits per heavy atom. The van der Waals surface area contributed by atoms with Gasteiger partial charge in [0.25, 0.3) is 0 Å². The lowest BCUT2D eigenvalue weighted by Crippen LogP contribution is -1.96. The van der Waals surface area contributed by atoms with E-state index in [9.17, 15) is 4.79 Å². The number of hydrogen-bond acceptors (Lipinski definition) is 4. The van der Waals surface area contributed by atoms with Crippen LogP contribution in [0, 0.1) is 0 Å². The minimum Gasteiger partial charge on any atom is -0.465 e. The zero-order valence-electron chi connectivity index (χ0n) is 7.82. The van der Waals surface area contributed by atoms with Gasteiger partial charge in [0.2, 0.25) is 0 Å². The molecule has 0 bridgehead atoms. The summed E-state index contributed by atoms with van der Waals surface area (Å²) in [5.41, 5.74) is 0. The first-order valence-electron chi connectivity index (χ1n) is 4.14. The Hall–Kier alpha value is -0.840. The lowest BCUT2D eigenvalue weighted by atomic mass is 10.4. The molecule has 0 radical (unpaired) electrons. The first-order chi connectivity index (χ1) is 7.20. The van der Waals surface area contributed by atoms with Gasteiger partial charge in [0, 0.05) is 9.75 Å². The Bertz CT molecular complexity index is 487. The Balaban J connectivity index is 2.31. The van der Waals surface area contributed by atoms with Crippen molar-refractivity contribution < 1.29 is 9.53 Å². The van der Waals surface area contributed by atoms with Crippen molar-refractivity contribution >= 4 is 40.2 Å². The van der Waals surface area contributed by atoms with Gasteiger partial charge in [-0.05, 0) is 24.3 Å². The van der Waals surface area contributed by atoms with Crippen molar-refractivity contribution in [1.29, 1.82) is 0 Å². The molecule has 0 aliphatic heterocycles. The molecule has 0 spiro atoms. The highest BCUT2D eigenvalue weighted by atomic mass is 35.5. The molecule has 0 amide bonds. The van der Waals surface area contributed by atoms with E-state index in [1.54, 1.807) is 6.07 Å². The fourth-order valence-corrected chi connectivity index (χ4v) is 3.18. The van der Waals surface area contributed by atoms with E-state index in [1.165, 1.54) is 29.8 Å². The topological polar surface area (TPSA) is 26.3 Å². The summed E-state index contributed by atoms with van der Waals surface area (Å²) >= 11 is 8.74. The third-order valence-corrected chi connectivity index (χ3v) is 4.30. The number of methoxy groups -OCH3 is 1. The lowest BCUT2D eigenvalue weighted by Gasteiger charge is -1.92. The molecular weight excluding hydrogens is 252 g/mol. The van der Waals surface area contributed by atoms with Crippen LogP contribution < -0.4 is 0 Å². The molecule has 0 aliphatic rings. The Labute approximate surface area is 100 Å². The number of hydrogen-bond donors (Lipinski definition) is 0. The van der Waals surface area contributed by atoms with Crippen LogP contribution in [0.3, 0.4) is 0 Å². The number of halogens is 1. The SMILES string of the molecule is COC(=O)c1ccc(-c2ccc(Cl)s2)s1. The highest BCUT2D eigenvalue weighted by Gasteiger charge is 2.11.